The molecule has 212 valence electrons. The van der Waals surface area contributed by atoms with Gasteiger partial charge in [-0.3, -0.25) is 19.4 Å². The van der Waals surface area contributed by atoms with Crippen LogP contribution in [0, 0.1) is 11.7 Å². The van der Waals surface area contributed by atoms with Crippen LogP contribution in [0.15, 0.2) is 12.4 Å². The second-order valence-corrected chi connectivity index (χ2v) is 11.3. The number of fused-ring (bicyclic) bond motifs is 1. The maximum atomic E-state index is 15.3. The first kappa shape index (κ1) is 26.3. The van der Waals surface area contributed by atoms with Gasteiger partial charge < -0.3 is 21.3 Å². The number of hydrogen-bond acceptors (Lipinski definition) is 8. The number of carbonyl (C=O) groups excluding carboxylic acids is 2. The second-order valence-electron chi connectivity index (χ2n) is 11.3. The Morgan fingerprint density at radius 1 is 1.03 bits per heavy atom. The lowest BCUT2D eigenvalue weighted by atomic mass is 9.89. The molecular weight excluding hydrogens is 508 g/mol. The van der Waals surface area contributed by atoms with Crippen molar-refractivity contribution in [2.45, 2.75) is 56.4 Å². The standard InChI is InChI=1S/C26H37F2N9O2/c27-17-12-31-24-21(23(29)33-37(24)15-17)25(38)32-20-14-30-13-19(28)22(20)35-6-4-16(5-7-35)26(39)36-10-8-34(9-11-36)18-2-1-3-18/h12,15-16,18-20,22,30H,1-11,13-14H2,(H2,29,33)(H,32,38). The van der Waals surface area contributed by atoms with Gasteiger partial charge in [-0.05, 0) is 38.8 Å². The van der Waals surface area contributed by atoms with Gasteiger partial charge in [0.25, 0.3) is 5.91 Å². The summed E-state index contributed by atoms with van der Waals surface area (Å²) < 4.78 is 30.0. The van der Waals surface area contributed by atoms with Crippen LogP contribution in [-0.2, 0) is 4.79 Å². The maximum absolute atomic E-state index is 15.3. The van der Waals surface area contributed by atoms with Crippen LogP contribution < -0.4 is 16.4 Å². The van der Waals surface area contributed by atoms with E-state index in [1.54, 1.807) is 0 Å². The molecule has 6 rings (SSSR count). The normalized spacial score (nSPS) is 27.9. The van der Waals surface area contributed by atoms with Gasteiger partial charge in [0.15, 0.2) is 17.3 Å². The minimum atomic E-state index is -1.19. The van der Waals surface area contributed by atoms with Crippen molar-refractivity contribution in [1.29, 1.82) is 0 Å². The van der Waals surface area contributed by atoms with Gasteiger partial charge in [-0.2, -0.15) is 0 Å². The van der Waals surface area contributed by atoms with Crippen LogP contribution in [0.4, 0.5) is 14.6 Å². The Balaban J connectivity index is 1.07. The van der Waals surface area contributed by atoms with E-state index in [0.717, 1.165) is 43.1 Å². The molecule has 5 heterocycles. The molecule has 39 heavy (non-hydrogen) atoms. The predicted octanol–water partition coefficient (Wildman–Crippen LogP) is 0.268. The number of hydrogen-bond donors (Lipinski definition) is 3. The number of likely N-dealkylation sites (tertiary alicyclic amines) is 1. The molecule has 1 saturated carbocycles. The Labute approximate surface area is 226 Å². The van der Waals surface area contributed by atoms with Gasteiger partial charge in [-0.25, -0.2) is 18.3 Å². The average Bonchev–Trinajstić information content (AvgIpc) is 3.23. The van der Waals surface area contributed by atoms with Crippen LogP contribution in [0.2, 0.25) is 0 Å². The minimum absolute atomic E-state index is 0.0384. The van der Waals surface area contributed by atoms with E-state index in [0.29, 0.717) is 38.5 Å². The molecule has 2 aromatic heterocycles. The lowest BCUT2D eigenvalue weighted by Gasteiger charge is -2.46. The van der Waals surface area contributed by atoms with Gasteiger partial charge in [0.05, 0.1) is 24.5 Å². The van der Waals surface area contributed by atoms with Crippen LogP contribution in [0.5, 0.6) is 0 Å². The highest BCUT2D eigenvalue weighted by Gasteiger charge is 2.42. The van der Waals surface area contributed by atoms with E-state index in [2.05, 4.69) is 30.5 Å². The summed E-state index contributed by atoms with van der Waals surface area (Å²) in [5.74, 6) is -1.03. The summed E-state index contributed by atoms with van der Waals surface area (Å²) in [5.41, 5.74) is 6.13. The van der Waals surface area contributed by atoms with Crippen LogP contribution in [0.3, 0.4) is 0 Å². The largest absolute Gasteiger partial charge is 0.381 e. The zero-order valence-corrected chi connectivity index (χ0v) is 22.1. The number of piperidine rings is 2. The first-order valence-electron chi connectivity index (χ1n) is 14.1. The van der Waals surface area contributed by atoms with Crippen molar-refractivity contribution in [1.82, 2.24) is 39.9 Å². The maximum Gasteiger partial charge on any atom is 0.259 e. The summed E-state index contributed by atoms with van der Waals surface area (Å²) in [6.45, 7) is 5.26. The number of piperazine rings is 1. The molecule has 4 N–H and O–H groups in total. The molecule has 1 aliphatic carbocycles. The van der Waals surface area contributed by atoms with Crippen molar-refractivity contribution in [3.63, 3.8) is 0 Å². The van der Waals surface area contributed by atoms with Gasteiger partial charge in [-0.1, -0.05) is 6.42 Å². The molecule has 13 heteroatoms. The third-order valence-electron chi connectivity index (χ3n) is 9.02. The van der Waals surface area contributed by atoms with Crippen LogP contribution in [-0.4, -0.2) is 118 Å². The van der Waals surface area contributed by atoms with E-state index in [4.69, 9.17) is 5.73 Å². The number of halogens is 2. The summed E-state index contributed by atoms with van der Waals surface area (Å²) in [4.78, 5) is 37.1. The lowest BCUT2D eigenvalue weighted by molar-refractivity contribution is -0.140. The summed E-state index contributed by atoms with van der Waals surface area (Å²) in [6, 6.07) is -0.352. The highest BCUT2D eigenvalue weighted by Crippen LogP contribution is 2.28. The van der Waals surface area contributed by atoms with Crippen molar-refractivity contribution >= 4 is 23.3 Å². The zero-order chi connectivity index (χ0) is 27.1. The van der Waals surface area contributed by atoms with Gasteiger partial charge in [-0.15, -0.1) is 5.10 Å². The smallest absolute Gasteiger partial charge is 0.259 e. The molecule has 4 fully saturated rings. The van der Waals surface area contributed by atoms with E-state index in [-0.39, 0.29) is 35.4 Å². The van der Waals surface area contributed by atoms with Crippen molar-refractivity contribution in [2.75, 3.05) is 58.1 Å². The monoisotopic (exact) mass is 545 g/mol. The number of nitrogen functional groups attached to an aromatic ring is 1. The molecule has 3 atom stereocenters. The number of anilines is 1. The summed E-state index contributed by atoms with van der Waals surface area (Å²) in [6.07, 6.45) is 6.13. The quantitative estimate of drug-likeness (QED) is 0.489. The van der Waals surface area contributed by atoms with Crippen molar-refractivity contribution in [2.24, 2.45) is 5.92 Å². The molecule has 0 aromatic carbocycles. The summed E-state index contributed by atoms with van der Waals surface area (Å²) >= 11 is 0. The topological polar surface area (TPSA) is 124 Å². The molecular formula is C26H37F2N9O2. The van der Waals surface area contributed by atoms with Crippen LogP contribution in [0.25, 0.3) is 5.65 Å². The fourth-order valence-corrected chi connectivity index (χ4v) is 6.64. The third-order valence-corrected chi connectivity index (χ3v) is 9.02. The zero-order valence-electron chi connectivity index (χ0n) is 22.1. The Hall–Kier alpha value is -2.90. The molecule has 4 aliphatic rings. The number of nitrogens with two attached hydrogens (primary N) is 1. The predicted molar refractivity (Wildman–Crippen MR) is 140 cm³/mol. The van der Waals surface area contributed by atoms with E-state index in [1.807, 2.05) is 4.90 Å². The number of amides is 2. The lowest BCUT2D eigenvalue weighted by Crippen LogP contribution is -2.66. The number of nitrogens with zero attached hydrogens (tertiary/aromatic N) is 6. The van der Waals surface area contributed by atoms with Crippen molar-refractivity contribution < 1.29 is 18.4 Å². The number of aromatic nitrogens is 3. The molecule has 3 aliphatic heterocycles. The minimum Gasteiger partial charge on any atom is -0.381 e. The van der Waals surface area contributed by atoms with Crippen LogP contribution >= 0.6 is 0 Å². The fourth-order valence-electron chi connectivity index (χ4n) is 6.64. The molecule has 2 amide bonds. The molecule has 0 bridgehead atoms. The summed E-state index contributed by atoms with van der Waals surface area (Å²) in [5, 5.41) is 9.97. The Morgan fingerprint density at radius 2 is 1.77 bits per heavy atom. The average molecular weight is 546 g/mol. The van der Waals surface area contributed by atoms with Crippen LogP contribution in [0.1, 0.15) is 42.5 Å². The molecule has 0 radical (unpaired) electrons. The number of carbonyl (C=O) groups is 2. The SMILES string of the molecule is Nc1nn2cc(F)cnc2c1C(=O)NC1CNCC(F)C1N1CCC(C(=O)N2CCN(C3CCC3)CC2)CC1. The first-order valence-corrected chi connectivity index (χ1v) is 14.1. The molecule has 3 unspecified atom stereocenters. The second kappa shape index (κ2) is 10.9. The van der Waals surface area contributed by atoms with E-state index in [9.17, 15) is 14.0 Å². The first-order chi connectivity index (χ1) is 18.9. The summed E-state index contributed by atoms with van der Waals surface area (Å²) in [7, 11) is 0. The van der Waals surface area contributed by atoms with Gasteiger partial charge in [0, 0.05) is 51.2 Å². The fraction of sp³-hybridized carbons (Fsp3) is 0.692. The Kier molecular flexibility index (Phi) is 7.38. The molecule has 3 saturated heterocycles. The number of alkyl halides is 1. The van der Waals surface area contributed by atoms with Crippen molar-refractivity contribution in [3.8, 4) is 0 Å². The highest BCUT2D eigenvalue weighted by atomic mass is 19.1. The highest BCUT2D eigenvalue weighted by molar-refractivity contribution is 6.04. The molecule has 2 aromatic rings. The van der Waals surface area contributed by atoms with E-state index in [1.165, 1.54) is 19.3 Å². The Bertz CT molecular complexity index is 1210. The Morgan fingerprint density at radius 3 is 2.46 bits per heavy atom. The van der Waals surface area contributed by atoms with Crippen molar-refractivity contribution in [3.05, 3.63) is 23.8 Å². The molecule has 0 spiro atoms. The number of nitrogens with one attached hydrogen (secondary N) is 2. The van der Waals surface area contributed by atoms with Gasteiger partial charge in [0.2, 0.25) is 5.91 Å². The van der Waals surface area contributed by atoms with Gasteiger partial charge in [0.1, 0.15) is 11.7 Å². The van der Waals surface area contributed by atoms with Gasteiger partial charge >= 0.3 is 0 Å². The van der Waals surface area contributed by atoms with E-state index < -0.39 is 30.0 Å². The van der Waals surface area contributed by atoms with E-state index >= 15 is 4.39 Å². The third kappa shape index (κ3) is 5.19. The number of rotatable bonds is 5. The molecule has 11 nitrogen and oxygen atoms in total.